The summed E-state index contributed by atoms with van der Waals surface area (Å²) in [6.07, 6.45) is 1.68. The summed E-state index contributed by atoms with van der Waals surface area (Å²) >= 11 is 1.60. The van der Waals surface area contributed by atoms with E-state index in [0.717, 1.165) is 28.4 Å². The summed E-state index contributed by atoms with van der Waals surface area (Å²) in [4.78, 5) is 31.4. The van der Waals surface area contributed by atoms with Crippen LogP contribution >= 0.6 is 11.3 Å². The van der Waals surface area contributed by atoms with Gasteiger partial charge in [0.1, 0.15) is 5.76 Å². The van der Waals surface area contributed by atoms with Crippen LogP contribution in [0.3, 0.4) is 0 Å². The number of morpholine rings is 1. The maximum atomic E-state index is 12.6. The first kappa shape index (κ1) is 19.5. The first-order valence-electron chi connectivity index (χ1n) is 9.94. The van der Waals surface area contributed by atoms with Crippen molar-refractivity contribution in [1.82, 2.24) is 9.55 Å². The minimum Gasteiger partial charge on any atom is -0.454 e. The molecule has 158 valence electrons. The van der Waals surface area contributed by atoms with Gasteiger partial charge in [0.15, 0.2) is 10.9 Å². The highest BCUT2D eigenvalue weighted by Gasteiger charge is 2.17. The standard InChI is InChI=1S/C22H20N4O4S/c27-20-3-1-2-8-26(20)14-16-5-7-18(30-16)21(28)23-15-4-6-17-19(13-15)31-22(24-17)25-9-11-29-12-10-25/h1-8,13H,9-12,14H2,(H,23,28). The first-order valence-corrected chi connectivity index (χ1v) is 10.8. The molecule has 4 aromatic rings. The topological polar surface area (TPSA) is 89.6 Å². The Bertz CT molecular complexity index is 1290. The first-order chi connectivity index (χ1) is 15.2. The number of furan rings is 1. The van der Waals surface area contributed by atoms with Crippen LogP contribution in [0.4, 0.5) is 10.8 Å². The van der Waals surface area contributed by atoms with Crippen LogP contribution in [-0.2, 0) is 11.3 Å². The number of thiazole rings is 1. The van der Waals surface area contributed by atoms with Crippen molar-refractivity contribution in [3.05, 3.63) is 76.6 Å². The smallest absolute Gasteiger partial charge is 0.291 e. The molecule has 0 aliphatic carbocycles. The molecule has 1 amide bonds. The highest BCUT2D eigenvalue weighted by atomic mass is 32.1. The van der Waals surface area contributed by atoms with Crippen LogP contribution in [0.5, 0.6) is 0 Å². The normalized spacial score (nSPS) is 14.1. The molecule has 8 nitrogen and oxygen atoms in total. The predicted molar refractivity (Wildman–Crippen MR) is 119 cm³/mol. The second kappa shape index (κ2) is 8.37. The van der Waals surface area contributed by atoms with E-state index >= 15 is 0 Å². The van der Waals surface area contributed by atoms with Gasteiger partial charge in [-0.2, -0.15) is 0 Å². The molecule has 1 aliphatic heterocycles. The number of carbonyl (C=O) groups excluding carboxylic acids is 1. The zero-order valence-corrected chi connectivity index (χ0v) is 17.4. The average molecular weight is 436 g/mol. The minimum absolute atomic E-state index is 0.126. The van der Waals surface area contributed by atoms with Gasteiger partial charge in [-0.05, 0) is 36.4 Å². The molecule has 0 atom stereocenters. The number of carbonyl (C=O) groups is 1. The number of anilines is 2. The van der Waals surface area contributed by atoms with Crippen LogP contribution in [0.2, 0.25) is 0 Å². The number of fused-ring (bicyclic) bond motifs is 1. The second-order valence-electron chi connectivity index (χ2n) is 7.17. The van der Waals surface area contributed by atoms with Gasteiger partial charge in [-0.3, -0.25) is 9.59 Å². The Morgan fingerprint density at radius 1 is 1.13 bits per heavy atom. The summed E-state index contributed by atoms with van der Waals surface area (Å²) in [6, 6.07) is 13.9. The molecule has 0 bridgehead atoms. The summed E-state index contributed by atoms with van der Waals surface area (Å²) in [7, 11) is 0. The molecule has 3 aromatic heterocycles. The lowest BCUT2D eigenvalue weighted by atomic mass is 10.3. The fourth-order valence-electron chi connectivity index (χ4n) is 3.42. The fourth-order valence-corrected chi connectivity index (χ4v) is 4.47. The van der Waals surface area contributed by atoms with Gasteiger partial charge < -0.3 is 23.9 Å². The van der Waals surface area contributed by atoms with Crippen molar-refractivity contribution in [2.75, 3.05) is 36.5 Å². The average Bonchev–Trinajstić information content (AvgIpc) is 3.43. The minimum atomic E-state index is -0.344. The molecule has 9 heteroatoms. The quantitative estimate of drug-likeness (QED) is 0.517. The third-order valence-electron chi connectivity index (χ3n) is 5.03. The van der Waals surface area contributed by atoms with Gasteiger partial charge in [0.2, 0.25) is 0 Å². The van der Waals surface area contributed by atoms with E-state index in [1.54, 1.807) is 41.8 Å². The highest BCUT2D eigenvalue weighted by Crippen LogP contribution is 2.31. The Balaban J connectivity index is 1.29. The third kappa shape index (κ3) is 4.23. The van der Waals surface area contributed by atoms with E-state index in [1.807, 2.05) is 18.2 Å². The number of amides is 1. The Morgan fingerprint density at radius 3 is 2.84 bits per heavy atom. The van der Waals surface area contributed by atoms with Crippen LogP contribution in [0.25, 0.3) is 10.2 Å². The summed E-state index contributed by atoms with van der Waals surface area (Å²) in [5.41, 5.74) is 1.45. The molecule has 0 unspecified atom stereocenters. The van der Waals surface area contributed by atoms with Crippen molar-refractivity contribution in [3.8, 4) is 0 Å². The maximum absolute atomic E-state index is 12.6. The van der Waals surface area contributed by atoms with Gasteiger partial charge in [-0.1, -0.05) is 17.4 Å². The number of nitrogens with one attached hydrogen (secondary N) is 1. The number of rotatable bonds is 5. The van der Waals surface area contributed by atoms with Crippen molar-refractivity contribution < 1.29 is 13.9 Å². The van der Waals surface area contributed by atoms with E-state index in [2.05, 4.69) is 10.2 Å². The molecule has 4 heterocycles. The lowest BCUT2D eigenvalue weighted by Gasteiger charge is -2.25. The van der Waals surface area contributed by atoms with E-state index in [-0.39, 0.29) is 23.8 Å². The molecule has 5 rings (SSSR count). The van der Waals surface area contributed by atoms with Gasteiger partial charge in [0.05, 0.1) is 30.0 Å². The Morgan fingerprint density at radius 2 is 2.00 bits per heavy atom. The molecule has 1 fully saturated rings. The summed E-state index contributed by atoms with van der Waals surface area (Å²) in [6.45, 7) is 3.35. The van der Waals surface area contributed by atoms with Gasteiger partial charge in [-0.25, -0.2) is 4.98 Å². The van der Waals surface area contributed by atoms with Gasteiger partial charge in [-0.15, -0.1) is 0 Å². The lowest BCUT2D eigenvalue weighted by Crippen LogP contribution is -2.36. The summed E-state index contributed by atoms with van der Waals surface area (Å²) in [5, 5.41) is 3.84. The van der Waals surface area contributed by atoms with Crippen LogP contribution in [-0.4, -0.2) is 41.8 Å². The van der Waals surface area contributed by atoms with Crippen molar-refractivity contribution in [2.45, 2.75) is 6.54 Å². The third-order valence-corrected chi connectivity index (χ3v) is 6.11. The lowest BCUT2D eigenvalue weighted by molar-refractivity contribution is 0.0994. The zero-order chi connectivity index (χ0) is 21.2. The molecule has 1 aromatic carbocycles. The largest absolute Gasteiger partial charge is 0.454 e. The number of benzene rings is 1. The zero-order valence-electron chi connectivity index (χ0n) is 16.6. The number of nitrogens with zero attached hydrogens (tertiary/aromatic N) is 3. The van der Waals surface area contributed by atoms with Gasteiger partial charge in [0.25, 0.3) is 11.5 Å². The van der Waals surface area contributed by atoms with E-state index in [0.29, 0.717) is 24.7 Å². The van der Waals surface area contributed by atoms with E-state index < -0.39 is 0 Å². The molecule has 0 radical (unpaired) electrons. The van der Waals surface area contributed by atoms with E-state index in [9.17, 15) is 9.59 Å². The Kier molecular flexibility index (Phi) is 5.27. The van der Waals surface area contributed by atoms with Crippen LogP contribution in [0.1, 0.15) is 16.3 Å². The number of pyridine rings is 1. The highest BCUT2D eigenvalue weighted by molar-refractivity contribution is 7.22. The monoisotopic (exact) mass is 436 g/mol. The number of aromatic nitrogens is 2. The Hall–Kier alpha value is -3.43. The van der Waals surface area contributed by atoms with Crippen LogP contribution in [0, 0.1) is 0 Å². The predicted octanol–water partition coefficient (Wildman–Crippen LogP) is 3.19. The summed E-state index contributed by atoms with van der Waals surface area (Å²) in [5.74, 6) is 0.382. The van der Waals surface area contributed by atoms with Crippen molar-refractivity contribution >= 4 is 38.3 Å². The van der Waals surface area contributed by atoms with Crippen LogP contribution in [0.15, 0.2) is 63.9 Å². The molecule has 0 spiro atoms. The molecule has 1 N–H and O–H groups in total. The summed E-state index contributed by atoms with van der Waals surface area (Å²) < 4.78 is 13.6. The fraction of sp³-hybridized carbons (Fsp3) is 0.227. The SMILES string of the molecule is O=C(Nc1ccc2nc(N3CCOCC3)sc2c1)c1ccc(Cn2ccccc2=O)o1. The maximum Gasteiger partial charge on any atom is 0.291 e. The molecule has 1 saturated heterocycles. The number of hydrogen-bond acceptors (Lipinski definition) is 7. The van der Waals surface area contributed by atoms with E-state index in [1.165, 1.54) is 10.6 Å². The molecule has 31 heavy (non-hydrogen) atoms. The van der Waals surface area contributed by atoms with Gasteiger partial charge >= 0.3 is 0 Å². The molecular formula is C22H20N4O4S. The van der Waals surface area contributed by atoms with Crippen molar-refractivity contribution in [2.24, 2.45) is 0 Å². The molecule has 1 aliphatic rings. The molecular weight excluding hydrogens is 416 g/mol. The van der Waals surface area contributed by atoms with Crippen molar-refractivity contribution in [3.63, 3.8) is 0 Å². The number of ether oxygens (including phenoxy) is 1. The molecule has 0 saturated carbocycles. The Labute approximate surface area is 181 Å². The van der Waals surface area contributed by atoms with Crippen molar-refractivity contribution in [1.29, 1.82) is 0 Å². The number of hydrogen-bond donors (Lipinski definition) is 1. The van der Waals surface area contributed by atoms with Gasteiger partial charge in [0, 0.05) is 31.0 Å². The van der Waals surface area contributed by atoms with E-state index in [4.69, 9.17) is 14.1 Å². The van der Waals surface area contributed by atoms with Crippen LogP contribution < -0.4 is 15.8 Å². The second-order valence-corrected chi connectivity index (χ2v) is 8.17.